The van der Waals surface area contributed by atoms with Gasteiger partial charge in [-0.1, -0.05) is 17.8 Å². The van der Waals surface area contributed by atoms with Crippen LogP contribution < -0.4 is 15.5 Å². The van der Waals surface area contributed by atoms with E-state index < -0.39 is 0 Å². The lowest BCUT2D eigenvalue weighted by Gasteiger charge is -2.36. The van der Waals surface area contributed by atoms with E-state index in [1.165, 1.54) is 16.4 Å². The number of thiophene rings is 1. The Morgan fingerprint density at radius 2 is 1.93 bits per heavy atom. The number of hydrogen-bond donors (Lipinski definition) is 1. The molecule has 1 amide bonds. The summed E-state index contributed by atoms with van der Waals surface area (Å²) in [6.07, 6.45) is 0. The minimum absolute atomic E-state index is 0.0880. The van der Waals surface area contributed by atoms with Crippen molar-refractivity contribution in [2.45, 2.75) is 5.16 Å². The van der Waals surface area contributed by atoms with Crippen molar-refractivity contribution in [1.29, 1.82) is 0 Å². The number of piperazine rings is 1. The van der Waals surface area contributed by atoms with Crippen molar-refractivity contribution < 1.29 is 9.53 Å². The Hall–Kier alpha value is -2.72. The van der Waals surface area contributed by atoms with Gasteiger partial charge in [-0.2, -0.15) is 0 Å². The third-order valence-corrected chi connectivity index (χ3v) is 6.59. The second kappa shape index (κ2) is 8.75. The molecule has 0 bridgehead atoms. The lowest BCUT2D eigenvalue weighted by molar-refractivity contribution is -0.128. The first-order valence-electron chi connectivity index (χ1n) is 9.19. The summed E-state index contributed by atoms with van der Waals surface area (Å²) in [6, 6.07) is 11.9. The molecule has 2 N–H and O–H groups in total. The van der Waals surface area contributed by atoms with E-state index in [1.54, 1.807) is 18.4 Å². The molecule has 0 aliphatic carbocycles. The van der Waals surface area contributed by atoms with Crippen LogP contribution in [0.5, 0.6) is 5.75 Å². The van der Waals surface area contributed by atoms with Gasteiger partial charge in [0.05, 0.1) is 17.7 Å². The third kappa shape index (κ3) is 4.33. The molecule has 0 unspecified atom stereocenters. The first kappa shape index (κ1) is 19.6. The molecule has 0 radical (unpaired) electrons. The number of hydrogen-bond acceptors (Lipinski definition) is 8. The highest BCUT2D eigenvalue weighted by atomic mass is 32.2. The number of nitrogen functional groups attached to an aromatic ring is 1. The van der Waals surface area contributed by atoms with E-state index in [4.69, 9.17) is 10.6 Å². The fourth-order valence-electron chi connectivity index (χ4n) is 3.17. The van der Waals surface area contributed by atoms with Gasteiger partial charge in [-0.3, -0.25) is 4.79 Å². The number of aromatic nitrogens is 3. The molecule has 0 saturated carbocycles. The van der Waals surface area contributed by atoms with E-state index in [2.05, 4.69) is 15.1 Å². The van der Waals surface area contributed by atoms with Crippen LogP contribution in [-0.2, 0) is 4.79 Å². The highest BCUT2D eigenvalue weighted by Gasteiger charge is 2.22. The quantitative estimate of drug-likeness (QED) is 0.473. The first-order chi connectivity index (χ1) is 14.2. The molecular formula is C19H22N6O2S2. The largest absolute Gasteiger partial charge is 0.497 e. The number of rotatable bonds is 6. The van der Waals surface area contributed by atoms with Crippen LogP contribution in [0, 0.1) is 0 Å². The van der Waals surface area contributed by atoms with E-state index in [0.717, 1.165) is 29.4 Å². The Kier molecular flexibility index (Phi) is 5.91. The number of ether oxygens (including phenoxy) is 1. The molecule has 1 aliphatic heterocycles. The molecule has 4 rings (SSSR count). The maximum atomic E-state index is 12.6. The van der Waals surface area contributed by atoms with Crippen molar-refractivity contribution in [2.75, 3.05) is 49.8 Å². The van der Waals surface area contributed by atoms with Gasteiger partial charge < -0.3 is 20.4 Å². The van der Waals surface area contributed by atoms with Crippen molar-refractivity contribution in [1.82, 2.24) is 19.8 Å². The fourth-order valence-corrected chi connectivity index (χ4v) is 4.64. The molecule has 3 aromatic rings. The maximum absolute atomic E-state index is 12.6. The molecule has 2 aromatic heterocycles. The van der Waals surface area contributed by atoms with E-state index in [0.29, 0.717) is 29.8 Å². The topological polar surface area (TPSA) is 89.5 Å². The minimum Gasteiger partial charge on any atom is -0.497 e. The highest BCUT2D eigenvalue weighted by molar-refractivity contribution is 7.99. The van der Waals surface area contributed by atoms with Crippen LogP contribution in [0.4, 0.5) is 5.69 Å². The number of benzene rings is 1. The van der Waals surface area contributed by atoms with E-state index in [1.807, 2.05) is 46.7 Å². The normalized spacial score (nSPS) is 14.2. The summed E-state index contributed by atoms with van der Waals surface area (Å²) in [4.78, 5) is 17.7. The zero-order chi connectivity index (χ0) is 20.2. The number of nitrogens with two attached hydrogens (primary N) is 1. The molecule has 0 spiro atoms. The van der Waals surface area contributed by atoms with Crippen LogP contribution in [0.3, 0.4) is 0 Å². The average molecular weight is 431 g/mol. The third-order valence-electron chi connectivity index (χ3n) is 4.80. The average Bonchev–Trinajstić information content (AvgIpc) is 3.42. The Bertz CT molecular complexity index is 950. The lowest BCUT2D eigenvalue weighted by Crippen LogP contribution is -2.49. The predicted octanol–water partition coefficient (Wildman–Crippen LogP) is 2.17. The molecule has 152 valence electrons. The molecule has 8 nitrogen and oxygen atoms in total. The van der Waals surface area contributed by atoms with Crippen LogP contribution in [0.2, 0.25) is 0 Å². The number of carbonyl (C=O) groups is 1. The van der Waals surface area contributed by atoms with Crippen molar-refractivity contribution in [3.8, 4) is 16.5 Å². The summed E-state index contributed by atoms with van der Waals surface area (Å²) in [6.45, 7) is 3.00. The second-order valence-electron chi connectivity index (χ2n) is 6.51. The Morgan fingerprint density at radius 3 is 2.59 bits per heavy atom. The smallest absolute Gasteiger partial charge is 0.233 e. The zero-order valence-electron chi connectivity index (χ0n) is 16.0. The molecule has 0 atom stereocenters. The predicted molar refractivity (Wildman–Crippen MR) is 116 cm³/mol. The zero-order valence-corrected chi connectivity index (χ0v) is 17.7. The SMILES string of the molecule is COc1ccc(N2CCN(C(=O)CSc3nnc(-c4cccs4)n3N)CC2)cc1. The summed E-state index contributed by atoms with van der Waals surface area (Å²) < 4.78 is 6.66. The highest BCUT2D eigenvalue weighted by Crippen LogP contribution is 2.25. The summed E-state index contributed by atoms with van der Waals surface area (Å²) in [7, 11) is 1.66. The van der Waals surface area contributed by atoms with Gasteiger partial charge in [-0.05, 0) is 35.7 Å². The van der Waals surface area contributed by atoms with Crippen LogP contribution in [0.1, 0.15) is 0 Å². The van der Waals surface area contributed by atoms with Gasteiger partial charge >= 0.3 is 0 Å². The van der Waals surface area contributed by atoms with Gasteiger partial charge in [0.25, 0.3) is 0 Å². The van der Waals surface area contributed by atoms with Crippen LogP contribution in [0.25, 0.3) is 10.7 Å². The van der Waals surface area contributed by atoms with E-state index in [9.17, 15) is 4.79 Å². The molecule has 1 aromatic carbocycles. The van der Waals surface area contributed by atoms with Crippen LogP contribution in [-0.4, -0.2) is 64.7 Å². The Balaban J connectivity index is 1.29. The molecular weight excluding hydrogens is 408 g/mol. The van der Waals surface area contributed by atoms with Gasteiger partial charge in [0.2, 0.25) is 11.1 Å². The number of methoxy groups -OCH3 is 1. The minimum atomic E-state index is 0.0880. The number of thioether (sulfide) groups is 1. The first-order valence-corrected chi connectivity index (χ1v) is 11.1. The lowest BCUT2D eigenvalue weighted by atomic mass is 10.2. The summed E-state index contributed by atoms with van der Waals surface area (Å²) in [5.41, 5.74) is 1.14. The summed E-state index contributed by atoms with van der Waals surface area (Å²) >= 11 is 2.87. The summed E-state index contributed by atoms with van der Waals surface area (Å²) in [5, 5.41) is 10.8. The number of amides is 1. The van der Waals surface area contributed by atoms with Crippen LogP contribution in [0.15, 0.2) is 46.9 Å². The molecule has 1 fully saturated rings. The van der Waals surface area contributed by atoms with Gasteiger partial charge in [-0.25, -0.2) is 4.68 Å². The van der Waals surface area contributed by atoms with Gasteiger partial charge in [-0.15, -0.1) is 21.5 Å². The van der Waals surface area contributed by atoms with Gasteiger partial charge in [0.1, 0.15) is 5.75 Å². The standard InChI is InChI=1S/C19H22N6O2S2/c1-27-15-6-4-14(5-7-15)23-8-10-24(11-9-23)17(26)13-29-19-22-21-18(25(19)20)16-3-2-12-28-16/h2-7,12H,8-11,13,20H2,1H3. The molecule has 3 heterocycles. The monoisotopic (exact) mass is 430 g/mol. The van der Waals surface area contributed by atoms with Crippen molar-refractivity contribution >= 4 is 34.7 Å². The van der Waals surface area contributed by atoms with Crippen molar-refractivity contribution in [3.63, 3.8) is 0 Å². The van der Waals surface area contributed by atoms with Crippen molar-refractivity contribution in [3.05, 3.63) is 41.8 Å². The molecule has 10 heteroatoms. The maximum Gasteiger partial charge on any atom is 0.233 e. The fraction of sp³-hybridized carbons (Fsp3) is 0.316. The Labute approximate surface area is 177 Å². The van der Waals surface area contributed by atoms with E-state index >= 15 is 0 Å². The van der Waals surface area contributed by atoms with Crippen molar-refractivity contribution in [2.24, 2.45) is 0 Å². The number of carbonyl (C=O) groups excluding carboxylic acids is 1. The molecule has 29 heavy (non-hydrogen) atoms. The number of anilines is 1. The second-order valence-corrected chi connectivity index (χ2v) is 8.40. The Morgan fingerprint density at radius 1 is 1.17 bits per heavy atom. The van der Waals surface area contributed by atoms with Gasteiger partial charge in [0.15, 0.2) is 5.82 Å². The van der Waals surface area contributed by atoms with Gasteiger partial charge in [0, 0.05) is 31.9 Å². The van der Waals surface area contributed by atoms with Crippen LogP contribution >= 0.6 is 23.1 Å². The molecule has 1 aliphatic rings. The summed E-state index contributed by atoms with van der Waals surface area (Å²) in [5.74, 6) is 7.94. The van der Waals surface area contributed by atoms with E-state index in [-0.39, 0.29) is 5.91 Å². The number of nitrogens with zero attached hydrogens (tertiary/aromatic N) is 5. The molecule has 1 saturated heterocycles.